The fraction of sp³-hybridized carbons (Fsp3) is 0.0625. The van der Waals surface area contributed by atoms with Crippen molar-refractivity contribution in [2.45, 2.75) is 6.92 Å². The van der Waals surface area contributed by atoms with Gasteiger partial charge >= 0.3 is 0 Å². The Morgan fingerprint density at radius 2 is 1.95 bits per heavy atom. The second-order valence-corrected chi connectivity index (χ2v) is 5.68. The van der Waals surface area contributed by atoms with Crippen LogP contribution in [0, 0.1) is 12.7 Å². The van der Waals surface area contributed by atoms with Gasteiger partial charge in [-0.25, -0.2) is 4.39 Å². The van der Waals surface area contributed by atoms with Gasteiger partial charge in [0.15, 0.2) is 11.6 Å². The summed E-state index contributed by atoms with van der Waals surface area (Å²) in [6.07, 6.45) is 0. The van der Waals surface area contributed by atoms with E-state index in [2.05, 4.69) is 21.1 Å². The number of nitrogen functional groups attached to an aromatic ring is 1. The lowest BCUT2D eigenvalue weighted by atomic mass is 10.00. The molecule has 3 aromatic rings. The van der Waals surface area contributed by atoms with Gasteiger partial charge in [-0.15, -0.1) is 0 Å². The van der Waals surface area contributed by atoms with E-state index in [4.69, 9.17) is 10.3 Å². The normalized spacial score (nSPS) is 10.8. The van der Waals surface area contributed by atoms with Gasteiger partial charge in [-0.05, 0) is 36.8 Å². The molecular weight excluding hydrogens is 335 g/mol. The summed E-state index contributed by atoms with van der Waals surface area (Å²) in [5.41, 5.74) is 8.57. The van der Waals surface area contributed by atoms with Crippen LogP contribution in [-0.2, 0) is 0 Å². The van der Waals surface area contributed by atoms with Crippen molar-refractivity contribution in [2.75, 3.05) is 5.73 Å². The lowest BCUT2D eigenvalue weighted by molar-refractivity contribution is 0.436. The monoisotopic (exact) mass is 346 g/mol. The standard InChI is InChI=1S/C16H12BrFN2O/c1-9-6-10(8-11(17)7-9)15-14(16(19)20-21-15)12-4-2-3-5-13(12)18/h2-8H,1H3,(H2,19,20). The first-order chi connectivity index (χ1) is 10.1. The lowest BCUT2D eigenvalue weighted by Crippen LogP contribution is -1.91. The van der Waals surface area contributed by atoms with Gasteiger partial charge in [0.1, 0.15) is 5.82 Å². The van der Waals surface area contributed by atoms with Crippen LogP contribution in [0.25, 0.3) is 22.5 Å². The Morgan fingerprint density at radius 1 is 1.19 bits per heavy atom. The molecule has 0 saturated heterocycles. The highest BCUT2D eigenvalue weighted by molar-refractivity contribution is 9.10. The molecule has 0 aliphatic carbocycles. The molecule has 106 valence electrons. The van der Waals surface area contributed by atoms with Crippen LogP contribution in [0.1, 0.15) is 5.56 Å². The minimum atomic E-state index is -0.361. The maximum atomic E-state index is 14.1. The van der Waals surface area contributed by atoms with Crippen molar-refractivity contribution in [2.24, 2.45) is 0 Å². The number of rotatable bonds is 2. The largest absolute Gasteiger partial charge is 0.380 e. The Balaban J connectivity index is 2.24. The first-order valence-corrected chi connectivity index (χ1v) is 7.13. The highest BCUT2D eigenvalue weighted by Crippen LogP contribution is 2.38. The first kappa shape index (κ1) is 13.8. The van der Waals surface area contributed by atoms with Gasteiger partial charge < -0.3 is 10.3 Å². The summed E-state index contributed by atoms with van der Waals surface area (Å²) in [5.74, 6) is 0.273. The zero-order valence-electron chi connectivity index (χ0n) is 11.2. The second-order valence-electron chi connectivity index (χ2n) is 4.77. The van der Waals surface area contributed by atoms with Gasteiger partial charge in [0.05, 0.1) is 5.56 Å². The number of nitrogens with zero attached hydrogens (tertiary/aromatic N) is 1. The van der Waals surface area contributed by atoms with E-state index in [9.17, 15) is 4.39 Å². The van der Waals surface area contributed by atoms with Crippen molar-refractivity contribution in [1.82, 2.24) is 5.16 Å². The van der Waals surface area contributed by atoms with E-state index < -0.39 is 0 Å². The Bertz CT molecular complexity index is 794. The molecule has 0 saturated carbocycles. The molecule has 0 amide bonds. The van der Waals surface area contributed by atoms with Gasteiger partial charge in [0.25, 0.3) is 0 Å². The molecule has 1 aromatic heterocycles. The molecule has 0 aliphatic heterocycles. The number of hydrogen-bond donors (Lipinski definition) is 1. The maximum Gasteiger partial charge on any atom is 0.177 e. The highest BCUT2D eigenvalue weighted by atomic mass is 79.9. The summed E-state index contributed by atoms with van der Waals surface area (Å²) in [7, 11) is 0. The summed E-state index contributed by atoms with van der Waals surface area (Å²) >= 11 is 3.44. The van der Waals surface area contributed by atoms with E-state index in [1.54, 1.807) is 18.2 Å². The highest BCUT2D eigenvalue weighted by Gasteiger charge is 2.20. The number of aryl methyl sites for hydroxylation is 1. The van der Waals surface area contributed by atoms with Crippen LogP contribution in [0.2, 0.25) is 0 Å². The molecule has 5 heteroatoms. The molecule has 2 aromatic carbocycles. The smallest absolute Gasteiger partial charge is 0.177 e. The Morgan fingerprint density at radius 3 is 2.67 bits per heavy atom. The van der Waals surface area contributed by atoms with E-state index in [0.717, 1.165) is 15.6 Å². The van der Waals surface area contributed by atoms with Crippen LogP contribution < -0.4 is 5.73 Å². The molecule has 0 bridgehead atoms. The fourth-order valence-electron chi connectivity index (χ4n) is 2.29. The summed E-state index contributed by atoms with van der Waals surface area (Å²) in [4.78, 5) is 0. The van der Waals surface area contributed by atoms with E-state index in [1.807, 2.05) is 25.1 Å². The average molecular weight is 347 g/mol. The van der Waals surface area contributed by atoms with Crippen molar-refractivity contribution in [3.63, 3.8) is 0 Å². The third-order valence-electron chi connectivity index (χ3n) is 3.17. The Labute approximate surface area is 129 Å². The van der Waals surface area contributed by atoms with Crippen molar-refractivity contribution < 1.29 is 8.91 Å². The molecule has 3 rings (SSSR count). The molecule has 0 radical (unpaired) electrons. The summed E-state index contributed by atoms with van der Waals surface area (Å²) in [6, 6.07) is 12.2. The molecule has 3 nitrogen and oxygen atoms in total. The predicted octanol–water partition coefficient (Wildman–Crippen LogP) is 4.80. The maximum absolute atomic E-state index is 14.1. The molecule has 0 spiro atoms. The summed E-state index contributed by atoms with van der Waals surface area (Å²) in [6.45, 7) is 1.97. The Kier molecular flexibility index (Phi) is 3.51. The second kappa shape index (κ2) is 5.33. The van der Waals surface area contributed by atoms with Gasteiger partial charge in [-0.2, -0.15) is 0 Å². The molecule has 0 unspecified atom stereocenters. The first-order valence-electron chi connectivity index (χ1n) is 6.34. The van der Waals surface area contributed by atoms with E-state index >= 15 is 0 Å². The zero-order valence-corrected chi connectivity index (χ0v) is 12.8. The Hall–Kier alpha value is -2.14. The minimum absolute atomic E-state index is 0.174. The molecule has 0 aliphatic rings. The van der Waals surface area contributed by atoms with Crippen LogP contribution in [0.4, 0.5) is 10.2 Å². The number of hydrogen-bond acceptors (Lipinski definition) is 3. The average Bonchev–Trinajstić information content (AvgIpc) is 2.80. The van der Waals surface area contributed by atoms with Crippen molar-refractivity contribution in [3.05, 3.63) is 58.3 Å². The fourth-order valence-corrected chi connectivity index (χ4v) is 2.90. The SMILES string of the molecule is Cc1cc(Br)cc(-c2onc(N)c2-c2ccccc2F)c1. The number of anilines is 1. The third kappa shape index (κ3) is 2.56. The van der Waals surface area contributed by atoms with Gasteiger partial charge in [-0.3, -0.25) is 0 Å². The van der Waals surface area contributed by atoms with E-state index in [0.29, 0.717) is 16.9 Å². The molecule has 0 fully saturated rings. The van der Waals surface area contributed by atoms with Gasteiger partial charge in [0.2, 0.25) is 0 Å². The van der Waals surface area contributed by atoms with E-state index in [1.165, 1.54) is 6.07 Å². The van der Waals surface area contributed by atoms with Crippen LogP contribution in [0.15, 0.2) is 51.5 Å². The third-order valence-corrected chi connectivity index (χ3v) is 3.62. The predicted molar refractivity (Wildman–Crippen MR) is 84.2 cm³/mol. The van der Waals surface area contributed by atoms with Gasteiger partial charge in [-0.1, -0.05) is 39.3 Å². The van der Waals surface area contributed by atoms with Crippen LogP contribution in [-0.4, -0.2) is 5.16 Å². The molecule has 21 heavy (non-hydrogen) atoms. The number of benzene rings is 2. The van der Waals surface area contributed by atoms with E-state index in [-0.39, 0.29) is 11.6 Å². The van der Waals surface area contributed by atoms with Crippen LogP contribution >= 0.6 is 15.9 Å². The topological polar surface area (TPSA) is 52.0 Å². The summed E-state index contributed by atoms with van der Waals surface area (Å²) in [5, 5.41) is 3.79. The molecular formula is C16H12BrFN2O. The molecule has 2 N–H and O–H groups in total. The van der Waals surface area contributed by atoms with Crippen molar-refractivity contribution in [3.8, 4) is 22.5 Å². The van der Waals surface area contributed by atoms with Crippen molar-refractivity contribution in [1.29, 1.82) is 0 Å². The molecule has 1 heterocycles. The number of nitrogens with two attached hydrogens (primary N) is 1. The molecule has 0 atom stereocenters. The number of aromatic nitrogens is 1. The summed E-state index contributed by atoms with van der Waals surface area (Å²) < 4.78 is 20.3. The zero-order chi connectivity index (χ0) is 15.0. The minimum Gasteiger partial charge on any atom is -0.380 e. The van der Waals surface area contributed by atoms with Gasteiger partial charge in [0, 0.05) is 15.6 Å². The van der Waals surface area contributed by atoms with Crippen molar-refractivity contribution >= 4 is 21.7 Å². The quantitative estimate of drug-likeness (QED) is 0.724. The van der Waals surface area contributed by atoms with Crippen LogP contribution in [0.3, 0.4) is 0 Å². The lowest BCUT2D eigenvalue weighted by Gasteiger charge is -2.05. The number of halogens is 2. The van der Waals surface area contributed by atoms with Crippen LogP contribution in [0.5, 0.6) is 0 Å².